The minimum Gasteiger partial charge on any atom is -0.497 e. The first kappa shape index (κ1) is 18.9. The zero-order valence-corrected chi connectivity index (χ0v) is 15.7. The van der Waals surface area contributed by atoms with E-state index in [1.807, 2.05) is 24.3 Å². The van der Waals surface area contributed by atoms with Gasteiger partial charge in [-0.15, -0.1) is 0 Å². The van der Waals surface area contributed by atoms with Crippen molar-refractivity contribution in [1.29, 1.82) is 0 Å². The Morgan fingerprint density at radius 3 is 2.26 bits per heavy atom. The average molecular weight is 380 g/mol. The maximum absolute atomic E-state index is 13.3. The summed E-state index contributed by atoms with van der Waals surface area (Å²) in [6, 6.07) is 22.5. The molecule has 138 valence electrons. The topological polar surface area (TPSA) is 60.4 Å². The van der Waals surface area contributed by atoms with Crippen LogP contribution in [0.3, 0.4) is 0 Å². The van der Waals surface area contributed by atoms with Gasteiger partial charge in [-0.05, 0) is 41.8 Å². The lowest BCUT2D eigenvalue weighted by atomic mass is 10.0. The van der Waals surface area contributed by atoms with Gasteiger partial charge in [-0.25, -0.2) is 8.42 Å². The monoisotopic (exact) mass is 380 g/mol. The number of aldehydes is 1. The molecule has 0 aliphatic heterocycles. The van der Waals surface area contributed by atoms with Crippen molar-refractivity contribution in [3.05, 3.63) is 95.6 Å². The van der Waals surface area contributed by atoms with Crippen molar-refractivity contribution in [2.45, 2.75) is 16.6 Å². The summed E-state index contributed by atoms with van der Waals surface area (Å²) in [4.78, 5) is 11.2. The summed E-state index contributed by atoms with van der Waals surface area (Å²) < 4.78 is 31.9. The smallest absolute Gasteiger partial charge is 0.185 e. The molecule has 1 unspecified atom stereocenters. The average Bonchev–Trinajstić information content (AvgIpc) is 2.73. The van der Waals surface area contributed by atoms with Crippen LogP contribution in [0.4, 0.5) is 0 Å². The van der Waals surface area contributed by atoms with E-state index >= 15 is 0 Å². The normalized spacial score (nSPS) is 12.3. The highest BCUT2D eigenvalue weighted by Gasteiger charge is 2.29. The third-order valence-corrected chi connectivity index (χ3v) is 6.56. The Morgan fingerprint density at radius 1 is 0.926 bits per heavy atom. The number of sulfone groups is 1. The highest BCUT2D eigenvalue weighted by Crippen LogP contribution is 2.33. The molecule has 4 nitrogen and oxygen atoms in total. The van der Waals surface area contributed by atoms with Crippen molar-refractivity contribution in [3.63, 3.8) is 0 Å². The molecule has 0 heterocycles. The lowest BCUT2D eigenvalue weighted by molar-refractivity contribution is 0.112. The van der Waals surface area contributed by atoms with Gasteiger partial charge in [-0.3, -0.25) is 4.79 Å². The van der Waals surface area contributed by atoms with Crippen molar-refractivity contribution in [2.75, 3.05) is 7.11 Å². The molecule has 0 aliphatic carbocycles. The van der Waals surface area contributed by atoms with Crippen LogP contribution in [0.25, 0.3) is 0 Å². The molecule has 5 heteroatoms. The molecule has 0 aromatic heterocycles. The summed E-state index contributed by atoms with van der Waals surface area (Å²) in [7, 11) is -2.04. The molecule has 3 rings (SSSR count). The van der Waals surface area contributed by atoms with Crippen molar-refractivity contribution >= 4 is 16.1 Å². The molecule has 0 fully saturated rings. The van der Waals surface area contributed by atoms with Crippen LogP contribution in [0, 0.1) is 0 Å². The number of benzene rings is 3. The fourth-order valence-corrected chi connectivity index (χ4v) is 4.78. The molecule has 0 saturated heterocycles. The second-order valence-electron chi connectivity index (χ2n) is 6.19. The van der Waals surface area contributed by atoms with Crippen LogP contribution in [-0.2, 0) is 16.3 Å². The summed E-state index contributed by atoms with van der Waals surface area (Å²) in [6.45, 7) is 0. The van der Waals surface area contributed by atoms with Crippen LogP contribution in [0.5, 0.6) is 5.75 Å². The second-order valence-corrected chi connectivity index (χ2v) is 8.32. The molecular formula is C22H20O4S. The SMILES string of the molecule is COc1cccc(CC(c2ccc(C=O)cc2)S(=O)(=O)c2ccccc2)c1. The molecule has 0 aliphatic rings. The minimum absolute atomic E-state index is 0.275. The van der Waals surface area contributed by atoms with Crippen LogP contribution >= 0.6 is 0 Å². The predicted octanol–water partition coefficient (Wildman–Crippen LogP) is 4.27. The lowest BCUT2D eigenvalue weighted by Gasteiger charge is -2.19. The molecule has 0 radical (unpaired) electrons. The van der Waals surface area contributed by atoms with Gasteiger partial charge >= 0.3 is 0 Å². The van der Waals surface area contributed by atoms with Gasteiger partial charge in [0, 0.05) is 5.56 Å². The first-order chi connectivity index (χ1) is 13.0. The van der Waals surface area contributed by atoms with Crippen LogP contribution in [-0.4, -0.2) is 21.8 Å². The zero-order chi connectivity index (χ0) is 19.3. The number of methoxy groups -OCH3 is 1. The van der Waals surface area contributed by atoms with Gasteiger partial charge in [0.2, 0.25) is 0 Å². The van der Waals surface area contributed by atoms with Gasteiger partial charge in [0.05, 0.1) is 17.3 Å². The Morgan fingerprint density at radius 2 is 1.63 bits per heavy atom. The molecule has 27 heavy (non-hydrogen) atoms. The summed E-state index contributed by atoms with van der Waals surface area (Å²) in [5.41, 5.74) is 2.02. The first-order valence-electron chi connectivity index (χ1n) is 8.51. The van der Waals surface area contributed by atoms with Crippen LogP contribution < -0.4 is 4.74 Å². The van der Waals surface area contributed by atoms with Crippen molar-refractivity contribution in [2.24, 2.45) is 0 Å². The number of hydrogen-bond donors (Lipinski definition) is 0. The first-order valence-corrected chi connectivity index (χ1v) is 10.1. The van der Waals surface area contributed by atoms with Crippen molar-refractivity contribution in [1.82, 2.24) is 0 Å². The Hall–Kier alpha value is -2.92. The Kier molecular flexibility index (Phi) is 5.72. The van der Waals surface area contributed by atoms with Gasteiger partial charge in [0.15, 0.2) is 9.84 Å². The minimum atomic E-state index is -3.62. The fraction of sp³-hybridized carbons (Fsp3) is 0.136. The van der Waals surface area contributed by atoms with E-state index in [9.17, 15) is 13.2 Å². The summed E-state index contributed by atoms with van der Waals surface area (Å²) in [6.07, 6.45) is 1.04. The highest BCUT2D eigenvalue weighted by molar-refractivity contribution is 7.91. The van der Waals surface area contributed by atoms with E-state index in [2.05, 4.69) is 0 Å². The van der Waals surface area contributed by atoms with E-state index in [0.717, 1.165) is 11.8 Å². The Labute approximate surface area is 159 Å². The molecule has 0 bridgehead atoms. The Balaban J connectivity index is 2.06. The fourth-order valence-electron chi connectivity index (χ4n) is 2.98. The third kappa shape index (κ3) is 4.26. The predicted molar refractivity (Wildman–Crippen MR) is 105 cm³/mol. The van der Waals surface area contributed by atoms with Crippen molar-refractivity contribution in [3.8, 4) is 5.75 Å². The van der Waals surface area contributed by atoms with Gasteiger partial charge in [-0.1, -0.05) is 54.6 Å². The summed E-state index contributed by atoms with van der Waals surface area (Å²) >= 11 is 0. The van der Waals surface area contributed by atoms with Crippen molar-refractivity contribution < 1.29 is 17.9 Å². The zero-order valence-electron chi connectivity index (χ0n) is 14.9. The van der Waals surface area contributed by atoms with E-state index in [-0.39, 0.29) is 4.90 Å². The Bertz CT molecular complexity index is 1010. The number of carbonyl (C=O) groups excluding carboxylic acids is 1. The standard InChI is InChI=1S/C22H20O4S/c1-26-20-7-5-6-18(14-20)15-22(19-12-10-17(16-23)11-13-19)27(24,25)21-8-3-2-4-9-21/h2-14,16,22H,15H2,1H3. The molecule has 1 atom stereocenters. The van der Waals surface area contributed by atoms with Gasteiger partial charge in [-0.2, -0.15) is 0 Å². The third-order valence-electron chi connectivity index (χ3n) is 4.45. The van der Waals surface area contributed by atoms with Crippen LogP contribution in [0.2, 0.25) is 0 Å². The van der Waals surface area contributed by atoms with E-state index in [1.165, 1.54) is 0 Å². The molecule has 0 spiro atoms. The maximum atomic E-state index is 13.3. The largest absolute Gasteiger partial charge is 0.497 e. The highest BCUT2D eigenvalue weighted by atomic mass is 32.2. The molecule has 3 aromatic rings. The van der Waals surface area contributed by atoms with Gasteiger partial charge < -0.3 is 4.74 Å². The summed E-state index contributed by atoms with van der Waals surface area (Å²) in [5, 5.41) is -0.771. The van der Waals surface area contributed by atoms with E-state index in [1.54, 1.807) is 61.7 Å². The quantitative estimate of drug-likeness (QED) is 0.575. The van der Waals surface area contributed by atoms with Crippen LogP contribution in [0.1, 0.15) is 26.7 Å². The van der Waals surface area contributed by atoms with Crippen LogP contribution in [0.15, 0.2) is 83.8 Å². The van der Waals surface area contributed by atoms with Gasteiger partial charge in [0.25, 0.3) is 0 Å². The lowest BCUT2D eigenvalue weighted by Crippen LogP contribution is -2.16. The number of hydrogen-bond acceptors (Lipinski definition) is 4. The molecule has 0 saturated carbocycles. The molecule has 0 amide bonds. The molecular weight excluding hydrogens is 360 g/mol. The van der Waals surface area contributed by atoms with E-state index in [0.29, 0.717) is 23.3 Å². The van der Waals surface area contributed by atoms with E-state index < -0.39 is 15.1 Å². The van der Waals surface area contributed by atoms with Gasteiger partial charge in [0.1, 0.15) is 12.0 Å². The number of ether oxygens (including phenoxy) is 1. The second kappa shape index (κ2) is 8.18. The van der Waals surface area contributed by atoms with E-state index in [4.69, 9.17) is 4.74 Å². The summed E-state index contributed by atoms with van der Waals surface area (Å²) in [5.74, 6) is 0.680. The molecule has 0 N–H and O–H groups in total. The number of rotatable bonds is 7. The number of carbonyl (C=O) groups is 1. The molecule has 3 aromatic carbocycles. The maximum Gasteiger partial charge on any atom is 0.185 e.